The van der Waals surface area contributed by atoms with Gasteiger partial charge in [-0.1, -0.05) is 31.5 Å². The van der Waals surface area contributed by atoms with Crippen LogP contribution in [0.2, 0.25) is 0 Å². The summed E-state index contributed by atoms with van der Waals surface area (Å²) in [6, 6.07) is 16.2. The number of carbonyl (C=O) groups excluding carboxylic acids is 3. The van der Waals surface area contributed by atoms with E-state index < -0.39 is 6.04 Å². The van der Waals surface area contributed by atoms with Crippen LogP contribution in [0.1, 0.15) is 79.0 Å². The molecule has 1 saturated carbocycles. The normalized spacial score (nSPS) is 21.6. The van der Waals surface area contributed by atoms with Gasteiger partial charge in [-0.2, -0.15) is 0 Å². The van der Waals surface area contributed by atoms with Crippen LogP contribution in [0.3, 0.4) is 0 Å². The number of benzene rings is 2. The number of unbranched alkanes of at least 4 members (excludes halogenated alkanes) is 1. The largest absolute Gasteiger partial charge is 0.494 e. The Kier molecular flexibility index (Phi) is 8.98. The van der Waals surface area contributed by atoms with Gasteiger partial charge in [0, 0.05) is 29.8 Å². The first-order valence-electron chi connectivity index (χ1n) is 13.2. The number of hydrogen-bond donors (Lipinski definition) is 2. The highest BCUT2D eigenvalue weighted by atomic mass is 16.5. The highest BCUT2D eigenvalue weighted by Gasteiger charge is 2.36. The van der Waals surface area contributed by atoms with E-state index in [0.717, 1.165) is 50.7 Å². The zero-order valence-electron chi connectivity index (χ0n) is 21.1. The Labute approximate surface area is 213 Å². The predicted octanol–water partition coefficient (Wildman–Crippen LogP) is 4.33. The molecular formula is C29H37N3O4. The van der Waals surface area contributed by atoms with E-state index in [2.05, 4.69) is 17.6 Å². The quantitative estimate of drug-likeness (QED) is 0.511. The number of hydrogen-bond acceptors (Lipinski definition) is 4. The Morgan fingerprint density at radius 2 is 1.53 bits per heavy atom. The van der Waals surface area contributed by atoms with E-state index in [-0.39, 0.29) is 29.8 Å². The van der Waals surface area contributed by atoms with Gasteiger partial charge in [-0.25, -0.2) is 0 Å². The summed E-state index contributed by atoms with van der Waals surface area (Å²) in [5, 5.41) is 6.28. The van der Waals surface area contributed by atoms with Gasteiger partial charge >= 0.3 is 0 Å². The summed E-state index contributed by atoms with van der Waals surface area (Å²) in [5.41, 5.74) is 1.24. The third-order valence-corrected chi connectivity index (χ3v) is 7.13. The van der Waals surface area contributed by atoms with Gasteiger partial charge in [0.15, 0.2) is 0 Å². The summed E-state index contributed by atoms with van der Waals surface area (Å²) >= 11 is 0. The number of amides is 3. The molecule has 0 aromatic heterocycles. The molecule has 7 nitrogen and oxygen atoms in total. The van der Waals surface area contributed by atoms with Gasteiger partial charge in [0.1, 0.15) is 11.8 Å². The number of rotatable bonds is 9. The van der Waals surface area contributed by atoms with Gasteiger partial charge in [0.25, 0.3) is 11.8 Å². The fraction of sp³-hybridized carbons (Fsp3) is 0.483. The zero-order valence-corrected chi connectivity index (χ0v) is 21.1. The topological polar surface area (TPSA) is 87.7 Å². The van der Waals surface area contributed by atoms with Gasteiger partial charge in [0.05, 0.1) is 6.61 Å². The summed E-state index contributed by atoms with van der Waals surface area (Å²) < 4.78 is 5.69. The molecule has 7 heteroatoms. The second kappa shape index (κ2) is 12.6. The van der Waals surface area contributed by atoms with Gasteiger partial charge in [0.2, 0.25) is 5.91 Å². The molecule has 3 amide bonds. The summed E-state index contributed by atoms with van der Waals surface area (Å²) in [7, 11) is 0. The van der Waals surface area contributed by atoms with Gasteiger partial charge in [-0.3, -0.25) is 14.4 Å². The van der Waals surface area contributed by atoms with Crippen LogP contribution in [-0.2, 0) is 4.79 Å². The van der Waals surface area contributed by atoms with Crippen LogP contribution in [0.4, 0.5) is 0 Å². The molecule has 1 heterocycles. The smallest absolute Gasteiger partial charge is 0.254 e. The van der Waals surface area contributed by atoms with E-state index in [9.17, 15) is 14.4 Å². The van der Waals surface area contributed by atoms with Crippen LogP contribution in [0.5, 0.6) is 5.75 Å². The van der Waals surface area contributed by atoms with Crippen molar-refractivity contribution in [1.82, 2.24) is 15.5 Å². The Bertz CT molecular complexity index is 1020. The molecule has 0 spiro atoms. The number of likely N-dealkylation sites (tertiary alicyclic amines) is 1. The summed E-state index contributed by atoms with van der Waals surface area (Å²) in [6.07, 6.45) is 6.83. The second-order valence-corrected chi connectivity index (χ2v) is 9.78. The SMILES string of the molecule is CCCCOc1ccc(C(=O)N2CCC[C@@H]2C(=O)NC2CCC(NC(=O)c3ccccc3)CC2)cc1. The van der Waals surface area contributed by atoms with E-state index in [1.54, 1.807) is 17.0 Å². The molecule has 2 N–H and O–H groups in total. The maximum atomic E-state index is 13.2. The third kappa shape index (κ3) is 6.65. The first kappa shape index (κ1) is 25.7. The van der Waals surface area contributed by atoms with E-state index in [4.69, 9.17) is 4.74 Å². The molecule has 192 valence electrons. The molecule has 4 rings (SSSR count). The molecular weight excluding hydrogens is 454 g/mol. The lowest BCUT2D eigenvalue weighted by Gasteiger charge is -2.31. The van der Waals surface area contributed by atoms with E-state index in [0.29, 0.717) is 30.7 Å². The Hall–Kier alpha value is -3.35. The highest BCUT2D eigenvalue weighted by Crippen LogP contribution is 2.24. The minimum absolute atomic E-state index is 0.0521. The Morgan fingerprint density at radius 1 is 0.861 bits per heavy atom. The molecule has 0 radical (unpaired) electrons. The molecule has 1 aliphatic carbocycles. The number of carbonyl (C=O) groups is 3. The number of ether oxygens (including phenoxy) is 1. The minimum atomic E-state index is -0.437. The van der Waals surface area contributed by atoms with Crippen LogP contribution in [-0.4, -0.2) is 53.9 Å². The summed E-state index contributed by atoms with van der Waals surface area (Å²) in [4.78, 5) is 40.4. The molecule has 1 saturated heterocycles. The van der Waals surface area contributed by atoms with Crippen molar-refractivity contribution in [3.8, 4) is 5.75 Å². The van der Waals surface area contributed by atoms with Crippen LogP contribution in [0, 0.1) is 0 Å². The Balaban J connectivity index is 1.25. The minimum Gasteiger partial charge on any atom is -0.494 e. The fourth-order valence-electron chi connectivity index (χ4n) is 5.01. The average molecular weight is 492 g/mol. The molecule has 36 heavy (non-hydrogen) atoms. The van der Waals surface area contributed by atoms with Crippen LogP contribution in [0.15, 0.2) is 54.6 Å². The maximum absolute atomic E-state index is 13.2. The predicted molar refractivity (Wildman–Crippen MR) is 139 cm³/mol. The number of nitrogens with one attached hydrogen (secondary N) is 2. The Morgan fingerprint density at radius 3 is 2.19 bits per heavy atom. The number of nitrogens with zero attached hydrogens (tertiary/aromatic N) is 1. The van der Waals surface area contributed by atoms with Crippen molar-refractivity contribution in [3.63, 3.8) is 0 Å². The molecule has 2 aromatic rings. The third-order valence-electron chi connectivity index (χ3n) is 7.13. The van der Waals surface area contributed by atoms with E-state index in [1.165, 1.54) is 0 Å². The van der Waals surface area contributed by atoms with Crippen molar-refractivity contribution >= 4 is 17.7 Å². The first-order valence-corrected chi connectivity index (χ1v) is 13.2. The average Bonchev–Trinajstić information content (AvgIpc) is 3.41. The highest BCUT2D eigenvalue weighted by molar-refractivity contribution is 5.98. The molecule has 1 aliphatic heterocycles. The lowest BCUT2D eigenvalue weighted by molar-refractivity contribution is -0.125. The van der Waals surface area contributed by atoms with Crippen molar-refractivity contribution in [2.45, 2.75) is 76.4 Å². The van der Waals surface area contributed by atoms with Gasteiger partial charge in [-0.05, 0) is 81.3 Å². The summed E-state index contributed by atoms with van der Waals surface area (Å²) in [5.74, 6) is 0.521. The van der Waals surface area contributed by atoms with Crippen molar-refractivity contribution in [2.24, 2.45) is 0 Å². The molecule has 0 bridgehead atoms. The zero-order chi connectivity index (χ0) is 25.3. The molecule has 0 unspecified atom stereocenters. The standard InChI is InChI=1S/C29H37N3O4/c1-2-3-20-36-25-17-11-22(12-18-25)29(35)32-19-7-10-26(32)28(34)31-24-15-13-23(14-16-24)30-27(33)21-8-5-4-6-9-21/h4-6,8-9,11-12,17-18,23-24,26H,2-3,7,10,13-16,19-20H2,1H3,(H,30,33)(H,31,34)/t23?,24?,26-/m1/s1. The first-order chi connectivity index (χ1) is 17.5. The van der Waals surface area contributed by atoms with Crippen molar-refractivity contribution in [1.29, 1.82) is 0 Å². The lowest BCUT2D eigenvalue weighted by Crippen LogP contribution is -2.50. The molecule has 2 aromatic carbocycles. The van der Waals surface area contributed by atoms with Gasteiger partial charge in [-0.15, -0.1) is 0 Å². The molecule has 2 fully saturated rings. The van der Waals surface area contributed by atoms with Crippen LogP contribution in [0.25, 0.3) is 0 Å². The maximum Gasteiger partial charge on any atom is 0.254 e. The van der Waals surface area contributed by atoms with Crippen molar-refractivity contribution < 1.29 is 19.1 Å². The van der Waals surface area contributed by atoms with E-state index in [1.807, 2.05) is 42.5 Å². The van der Waals surface area contributed by atoms with E-state index >= 15 is 0 Å². The van der Waals surface area contributed by atoms with Crippen LogP contribution < -0.4 is 15.4 Å². The lowest BCUT2D eigenvalue weighted by atomic mass is 9.90. The van der Waals surface area contributed by atoms with Crippen molar-refractivity contribution in [3.05, 3.63) is 65.7 Å². The molecule has 2 aliphatic rings. The molecule has 1 atom stereocenters. The van der Waals surface area contributed by atoms with Gasteiger partial charge < -0.3 is 20.3 Å². The van der Waals surface area contributed by atoms with Crippen LogP contribution >= 0.6 is 0 Å². The monoisotopic (exact) mass is 491 g/mol. The van der Waals surface area contributed by atoms with Crippen molar-refractivity contribution in [2.75, 3.05) is 13.2 Å². The fourth-order valence-corrected chi connectivity index (χ4v) is 5.01. The second-order valence-electron chi connectivity index (χ2n) is 9.78. The summed E-state index contributed by atoms with van der Waals surface area (Å²) in [6.45, 7) is 3.37.